The van der Waals surface area contributed by atoms with Crippen LogP contribution in [0, 0.1) is 0 Å². The van der Waals surface area contributed by atoms with Crippen LogP contribution < -0.4 is 0 Å². The molecule has 4 aromatic heterocycles. The second kappa shape index (κ2) is 14.7. The van der Waals surface area contributed by atoms with Crippen LogP contribution in [0.3, 0.4) is 0 Å². The number of aromatic nitrogens is 5. The van der Waals surface area contributed by atoms with Gasteiger partial charge in [0.15, 0.2) is 11.6 Å². The number of benzene rings is 8. The summed E-state index contributed by atoms with van der Waals surface area (Å²) in [5.74, 6) is 1.30. The third-order valence-corrected chi connectivity index (χ3v) is 11.6. The van der Waals surface area contributed by atoms with Crippen LogP contribution in [-0.2, 0) is 0 Å². The number of nitrogens with zero attached hydrogens (tertiary/aromatic N) is 5. The van der Waals surface area contributed by atoms with Gasteiger partial charge in [0.05, 0.1) is 44.9 Å². The molecule has 0 fully saturated rings. The Bertz CT molecular complexity index is 3500. The second-order valence-electron chi connectivity index (χ2n) is 15.4. The zero-order valence-electron chi connectivity index (χ0n) is 33.4. The summed E-state index contributed by atoms with van der Waals surface area (Å²) in [6.45, 7) is 0. The zero-order valence-corrected chi connectivity index (χ0v) is 33.4. The van der Waals surface area contributed by atoms with Crippen molar-refractivity contribution < 1.29 is 4.42 Å². The number of hydrogen-bond acceptors (Lipinski definition) is 5. The van der Waals surface area contributed by atoms with E-state index in [0.29, 0.717) is 11.6 Å². The lowest BCUT2D eigenvalue weighted by Crippen LogP contribution is -2.02. The summed E-state index contributed by atoms with van der Waals surface area (Å²) in [5, 5.41) is 4.37. The fraction of sp³-hybridized carbons (Fsp3) is 0. The summed E-state index contributed by atoms with van der Waals surface area (Å²) < 4.78 is 9.05. The SMILES string of the molecule is c1ccc(-c2cc(-c3ccc(-n4c5ccccc5c5c6oc7ccccc7c6ccc54)c(-c4cc(-c5ccccc5)nc(-c5ccccc5)n4)c3)nc(-c3ccccc3)n2)cc1. The normalized spacial score (nSPS) is 11.5. The molecule has 0 aliphatic heterocycles. The van der Waals surface area contributed by atoms with E-state index in [1.54, 1.807) is 0 Å². The molecule has 0 atom stereocenters. The molecule has 62 heavy (non-hydrogen) atoms. The number of hydrogen-bond donors (Lipinski definition) is 0. The van der Waals surface area contributed by atoms with Crippen molar-refractivity contribution in [1.82, 2.24) is 24.5 Å². The lowest BCUT2D eigenvalue weighted by atomic mass is 9.99. The molecule has 0 radical (unpaired) electrons. The molecule has 0 spiro atoms. The Kier molecular flexibility index (Phi) is 8.38. The molecule has 6 nitrogen and oxygen atoms in total. The fourth-order valence-electron chi connectivity index (χ4n) is 8.72. The first kappa shape index (κ1) is 35.5. The first-order valence-electron chi connectivity index (χ1n) is 20.7. The van der Waals surface area contributed by atoms with Crippen molar-refractivity contribution >= 4 is 43.7 Å². The molecule has 0 amide bonds. The maximum Gasteiger partial charge on any atom is 0.160 e. The Morgan fingerprint density at radius 2 is 0.839 bits per heavy atom. The summed E-state index contributed by atoms with van der Waals surface area (Å²) in [7, 11) is 0. The van der Waals surface area contributed by atoms with Crippen LogP contribution in [0.25, 0.3) is 117 Å². The van der Waals surface area contributed by atoms with Crippen LogP contribution >= 0.6 is 0 Å². The van der Waals surface area contributed by atoms with Gasteiger partial charge in [-0.2, -0.15) is 0 Å². The average Bonchev–Trinajstić information content (AvgIpc) is 3.90. The van der Waals surface area contributed by atoms with E-state index in [2.05, 4.69) is 132 Å². The summed E-state index contributed by atoms with van der Waals surface area (Å²) in [5.41, 5.74) is 13.8. The van der Waals surface area contributed by atoms with E-state index in [1.165, 1.54) is 0 Å². The first-order chi connectivity index (χ1) is 30.7. The van der Waals surface area contributed by atoms with Gasteiger partial charge in [0.25, 0.3) is 0 Å². The molecule has 0 saturated carbocycles. The summed E-state index contributed by atoms with van der Waals surface area (Å²) in [6.07, 6.45) is 0. The van der Waals surface area contributed by atoms with Gasteiger partial charge in [-0.25, -0.2) is 19.9 Å². The van der Waals surface area contributed by atoms with Gasteiger partial charge in [-0.3, -0.25) is 0 Å². The van der Waals surface area contributed by atoms with Crippen LogP contribution in [-0.4, -0.2) is 24.5 Å². The first-order valence-corrected chi connectivity index (χ1v) is 20.7. The van der Waals surface area contributed by atoms with E-state index in [4.69, 9.17) is 24.4 Å². The van der Waals surface area contributed by atoms with Crippen molar-refractivity contribution in [1.29, 1.82) is 0 Å². The highest BCUT2D eigenvalue weighted by Gasteiger charge is 2.23. The lowest BCUT2D eigenvalue weighted by molar-refractivity contribution is 0.673. The third-order valence-electron chi connectivity index (χ3n) is 11.6. The minimum atomic E-state index is 0.643. The largest absolute Gasteiger partial charge is 0.455 e. The Hall–Kier alpha value is -8.48. The Balaban J connectivity index is 1.16. The van der Waals surface area contributed by atoms with Gasteiger partial charge in [0.1, 0.15) is 11.2 Å². The Labute approximate surface area is 357 Å². The maximum absolute atomic E-state index is 6.69. The van der Waals surface area contributed by atoms with Crippen LogP contribution in [0.4, 0.5) is 0 Å². The Morgan fingerprint density at radius 1 is 0.339 bits per heavy atom. The third kappa shape index (κ3) is 6.04. The van der Waals surface area contributed by atoms with Crippen molar-refractivity contribution in [3.63, 3.8) is 0 Å². The van der Waals surface area contributed by atoms with Gasteiger partial charge in [-0.15, -0.1) is 0 Å². The van der Waals surface area contributed by atoms with Gasteiger partial charge in [-0.05, 0) is 48.5 Å². The molecular weight excluding hydrogens is 759 g/mol. The molecule has 0 N–H and O–H groups in total. The van der Waals surface area contributed by atoms with Gasteiger partial charge in [0.2, 0.25) is 0 Å². The highest BCUT2D eigenvalue weighted by molar-refractivity contribution is 6.24. The molecule has 0 bridgehead atoms. The lowest BCUT2D eigenvalue weighted by Gasteiger charge is -2.17. The Morgan fingerprint density at radius 3 is 1.47 bits per heavy atom. The van der Waals surface area contributed by atoms with Crippen molar-refractivity contribution in [3.05, 3.63) is 212 Å². The molecule has 0 saturated heterocycles. The molecule has 4 heterocycles. The van der Waals surface area contributed by atoms with Gasteiger partial charge < -0.3 is 8.98 Å². The molecule has 12 rings (SSSR count). The fourth-order valence-corrected chi connectivity index (χ4v) is 8.72. The van der Waals surface area contributed by atoms with Gasteiger partial charge in [-0.1, -0.05) is 164 Å². The van der Waals surface area contributed by atoms with Crippen molar-refractivity contribution in [3.8, 4) is 73.5 Å². The molecule has 290 valence electrons. The summed E-state index contributed by atoms with van der Waals surface area (Å²) in [4.78, 5) is 20.9. The smallest absolute Gasteiger partial charge is 0.160 e. The van der Waals surface area contributed by atoms with E-state index < -0.39 is 0 Å². The van der Waals surface area contributed by atoms with Crippen LogP contribution in [0.5, 0.6) is 0 Å². The van der Waals surface area contributed by atoms with E-state index >= 15 is 0 Å². The van der Waals surface area contributed by atoms with Crippen molar-refractivity contribution in [2.45, 2.75) is 0 Å². The standard InChI is InChI=1S/C56H35N5O/c1-5-17-36(18-6-1)45-34-47(59-55(57-45)38-21-9-3-10-22-38)40-29-31-50(44(33-40)48-35-46(37-19-7-2-8-20-37)58-56(60-48)39-23-11-4-12-24-39)61-49-27-15-13-26-43(49)53-51(61)32-30-42-41-25-14-16-28-52(41)62-54(42)53/h1-35H. The number of fused-ring (bicyclic) bond motifs is 7. The van der Waals surface area contributed by atoms with E-state index in [9.17, 15) is 0 Å². The van der Waals surface area contributed by atoms with Crippen LogP contribution in [0.2, 0.25) is 0 Å². The van der Waals surface area contributed by atoms with E-state index in [0.717, 1.165) is 106 Å². The molecule has 8 aromatic carbocycles. The zero-order chi connectivity index (χ0) is 41.0. The topological polar surface area (TPSA) is 69.6 Å². The average molecular weight is 794 g/mol. The molecule has 6 heteroatoms. The highest BCUT2D eigenvalue weighted by Crippen LogP contribution is 2.43. The summed E-state index contributed by atoms with van der Waals surface area (Å²) >= 11 is 0. The minimum absolute atomic E-state index is 0.643. The van der Waals surface area contributed by atoms with Crippen LogP contribution in [0.15, 0.2) is 217 Å². The molecular formula is C56H35N5O. The molecule has 12 aromatic rings. The summed E-state index contributed by atoms with van der Waals surface area (Å²) in [6, 6.07) is 73.1. The highest BCUT2D eigenvalue weighted by atomic mass is 16.3. The quantitative estimate of drug-likeness (QED) is 0.161. The minimum Gasteiger partial charge on any atom is -0.455 e. The van der Waals surface area contributed by atoms with Crippen molar-refractivity contribution in [2.75, 3.05) is 0 Å². The molecule has 0 unspecified atom stereocenters. The number of furan rings is 1. The molecule has 0 aliphatic carbocycles. The molecule has 0 aliphatic rings. The van der Waals surface area contributed by atoms with E-state index in [-0.39, 0.29) is 0 Å². The maximum atomic E-state index is 6.69. The van der Waals surface area contributed by atoms with Crippen LogP contribution in [0.1, 0.15) is 0 Å². The van der Waals surface area contributed by atoms with Gasteiger partial charge in [0, 0.05) is 49.5 Å². The second-order valence-corrected chi connectivity index (χ2v) is 15.4. The van der Waals surface area contributed by atoms with Crippen molar-refractivity contribution in [2.24, 2.45) is 0 Å². The van der Waals surface area contributed by atoms with Gasteiger partial charge >= 0.3 is 0 Å². The predicted molar refractivity (Wildman–Crippen MR) is 252 cm³/mol. The van der Waals surface area contributed by atoms with E-state index in [1.807, 2.05) is 84.9 Å². The predicted octanol–water partition coefficient (Wildman–Crippen LogP) is 14.3. The number of rotatable bonds is 7. The monoisotopic (exact) mass is 793 g/mol. The number of para-hydroxylation sites is 2.